The third-order valence-corrected chi connectivity index (χ3v) is 1.81. The van der Waals surface area contributed by atoms with Gasteiger partial charge in [-0.05, 0) is 13.3 Å². The Morgan fingerprint density at radius 3 is 3.00 bits per heavy atom. The molecule has 1 unspecified atom stereocenters. The van der Waals surface area contributed by atoms with E-state index in [0.29, 0.717) is 5.82 Å². The van der Waals surface area contributed by atoms with Crippen LogP contribution >= 0.6 is 0 Å². The van der Waals surface area contributed by atoms with E-state index in [-0.39, 0.29) is 5.78 Å². The molecule has 0 fully saturated rings. The van der Waals surface area contributed by atoms with Crippen molar-refractivity contribution in [3.63, 3.8) is 0 Å². The number of ketones is 1. The summed E-state index contributed by atoms with van der Waals surface area (Å²) in [6, 6.07) is -0.474. The first-order valence-corrected chi connectivity index (χ1v) is 4.47. The fourth-order valence-electron chi connectivity index (χ4n) is 1.16. The quantitative estimate of drug-likeness (QED) is 0.699. The Morgan fingerprint density at radius 2 is 2.46 bits per heavy atom. The highest BCUT2D eigenvalue weighted by atomic mass is 16.1. The highest BCUT2D eigenvalue weighted by Gasteiger charge is 2.15. The van der Waals surface area contributed by atoms with Crippen LogP contribution in [0.1, 0.15) is 30.9 Å². The average molecular weight is 181 g/mol. The number of carbonyl (C=O) groups excluding carboxylic acids is 1. The molecule has 0 aliphatic carbocycles. The van der Waals surface area contributed by atoms with Crippen LogP contribution in [0.15, 0.2) is 12.4 Å². The van der Waals surface area contributed by atoms with Crippen molar-refractivity contribution in [2.45, 2.75) is 32.9 Å². The van der Waals surface area contributed by atoms with Crippen LogP contribution in [0.25, 0.3) is 0 Å². The lowest BCUT2D eigenvalue weighted by molar-refractivity contribution is 0.0953. The number of rotatable bonds is 4. The molecule has 0 aliphatic heterocycles. The summed E-state index contributed by atoms with van der Waals surface area (Å²) in [5, 5.41) is 0. The molecule has 0 aromatic carbocycles. The topological polar surface area (TPSA) is 60.9 Å². The fourth-order valence-corrected chi connectivity index (χ4v) is 1.16. The van der Waals surface area contributed by atoms with Crippen molar-refractivity contribution < 1.29 is 4.79 Å². The molecular formula is C9H15N3O. The van der Waals surface area contributed by atoms with Crippen LogP contribution in [0.3, 0.4) is 0 Å². The standard InChI is InChI=1S/C9H15N3O/c1-3-5-12-6-4-11-9(12)8(13)7(2)10/h4,6-7H,3,5,10H2,1-2H3. The number of nitrogens with two attached hydrogens (primary N) is 1. The monoisotopic (exact) mass is 181 g/mol. The molecule has 0 spiro atoms. The molecule has 4 nitrogen and oxygen atoms in total. The molecule has 1 heterocycles. The van der Waals surface area contributed by atoms with E-state index in [4.69, 9.17) is 5.73 Å². The second-order valence-electron chi connectivity index (χ2n) is 3.10. The van der Waals surface area contributed by atoms with E-state index in [1.54, 1.807) is 19.3 Å². The molecular weight excluding hydrogens is 166 g/mol. The Labute approximate surface area is 77.8 Å². The first kappa shape index (κ1) is 9.92. The number of Topliss-reactive ketones (excluding diaryl/α,β-unsaturated/α-hetero) is 1. The summed E-state index contributed by atoms with van der Waals surface area (Å²) in [5.41, 5.74) is 5.49. The lowest BCUT2D eigenvalue weighted by Crippen LogP contribution is -2.29. The Bertz CT molecular complexity index is 291. The van der Waals surface area contributed by atoms with Gasteiger partial charge in [0.1, 0.15) is 0 Å². The van der Waals surface area contributed by atoms with Crippen LogP contribution in [0.5, 0.6) is 0 Å². The maximum Gasteiger partial charge on any atom is 0.214 e. The second kappa shape index (κ2) is 4.18. The molecule has 0 saturated heterocycles. The lowest BCUT2D eigenvalue weighted by atomic mass is 10.2. The smallest absolute Gasteiger partial charge is 0.214 e. The summed E-state index contributed by atoms with van der Waals surface area (Å²) in [7, 11) is 0. The molecule has 13 heavy (non-hydrogen) atoms. The molecule has 0 saturated carbocycles. The van der Waals surface area contributed by atoms with Crippen LogP contribution < -0.4 is 5.73 Å². The van der Waals surface area contributed by atoms with Gasteiger partial charge >= 0.3 is 0 Å². The van der Waals surface area contributed by atoms with E-state index in [9.17, 15) is 4.79 Å². The molecule has 0 aliphatic rings. The SMILES string of the molecule is CCCn1ccnc1C(=O)C(C)N. The van der Waals surface area contributed by atoms with Crippen molar-refractivity contribution in [1.29, 1.82) is 0 Å². The van der Waals surface area contributed by atoms with Gasteiger partial charge in [-0.25, -0.2) is 4.98 Å². The van der Waals surface area contributed by atoms with Crippen molar-refractivity contribution in [3.8, 4) is 0 Å². The summed E-state index contributed by atoms with van der Waals surface area (Å²) in [6.07, 6.45) is 4.42. The Morgan fingerprint density at radius 1 is 1.77 bits per heavy atom. The van der Waals surface area contributed by atoms with Gasteiger partial charge in [0.05, 0.1) is 6.04 Å². The van der Waals surface area contributed by atoms with Gasteiger partial charge in [0.2, 0.25) is 5.78 Å². The average Bonchev–Trinajstić information content (AvgIpc) is 2.52. The lowest BCUT2D eigenvalue weighted by Gasteiger charge is -2.06. The van der Waals surface area contributed by atoms with E-state index in [1.807, 2.05) is 4.57 Å². The van der Waals surface area contributed by atoms with E-state index >= 15 is 0 Å². The zero-order valence-corrected chi connectivity index (χ0v) is 8.03. The van der Waals surface area contributed by atoms with E-state index in [0.717, 1.165) is 13.0 Å². The number of nitrogens with zero attached hydrogens (tertiary/aromatic N) is 2. The number of hydrogen-bond acceptors (Lipinski definition) is 3. The van der Waals surface area contributed by atoms with Gasteiger partial charge in [0.15, 0.2) is 5.82 Å². The molecule has 4 heteroatoms. The van der Waals surface area contributed by atoms with Crippen LogP contribution in [-0.2, 0) is 6.54 Å². The van der Waals surface area contributed by atoms with Crippen molar-refractivity contribution in [2.24, 2.45) is 5.73 Å². The summed E-state index contributed by atoms with van der Waals surface area (Å²) < 4.78 is 1.84. The number of aryl methyl sites for hydroxylation is 1. The summed E-state index contributed by atoms with van der Waals surface area (Å²) in [6.45, 7) is 4.54. The number of carbonyl (C=O) groups is 1. The maximum atomic E-state index is 11.5. The van der Waals surface area contributed by atoms with Crippen molar-refractivity contribution >= 4 is 5.78 Å². The van der Waals surface area contributed by atoms with E-state index < -0.39 is 6.04 Å². The van der Waals surface area contributed by atoms with Gasteiger partial charge in [-0.3, -0.25) is 4.79 Å². The van der Waals surface area contributed by atoms with Gasteiger partial charge in [-0.1, -0.05) is 6.92 Å². The number of aromatic nitrogens is 2. The summed E-state index contributed by atoms with van der Waals surface area (Å²) in [5.74, 6) is 0.371. The zero-order chi connectivity index (χ0) is 9.84. The van der Waals surface area contributed by atoms with Crippen LogP contribution in [0.2, 0.25) is 0 Å². The molecule has 1 atom stereocenters. The minimum atomic E-state index is -0.474. The van der Waals surface area contributed by atoms with Crippen LogP contribution in [-0.4, -0.2) is 21.4 Å². The van der Waals surface area contributed by atoms with E-state index in [1.165, 1.54) is 0 Å². The zero-order valence-electron chi connectivity index (χ0n) is 8.03. The Kier molecular flexibility index (Phi) is 3.19. The van der Waals surface area contributed by atoms with Gasteiger partial charge in [0, 0.05) is 18.9 Å². The molecule has 0 amide bonds. The second-order valence-corrected chi connectivity index (χ2v) is 3.10. The largest absolute Gasteiger partial charge is 0.328 e. The number of imidazole rings is 1. The molecule has 1 rings (SSSR count). The predicted octanol–water partition coefficient (Wildman–Crippen LogP) is 0.823. The molecule has 2 N–H and O–H groups in total. The van der Waals surface area contributed by atoms with Crippen LogP contribution in [0.4, 0.5) is 0 Å². The molecule has 72 valence electrons. The molecule has 1 aromatic heterocycles. The normalized spacial score (nSPS) is 12.8. The molecule has 0 radical (unpaired) electrons. The predicted molar refractivity (Wildman–Crippen MR) is 50.5 cm³/mol. The van der Waals surface area contributed by atoms with Gasteiger partial charge in [0.25, 0.3) is 0 Å². The summed E-state index contributed by atoms with van der Waals surface area (Å²) >= 11 is 0. The Hall–Kier alpha value is -1.16. The highest BCUT2D eigenvalue weighted by molar-refractivity contribution is 5.96. The number of hydrogen-bond donors (Lipinski definition) is 1. The van der Waals surface area contributed by atoms with Crippen molar-refractivity contribution in [2.75, 3.05) is 0 Å². The van der Waals surface area contributed by atoms with Crippen LogP contribution in [0, 0.1) is 0 Å². The van der Waals surface area contributed by atoms with Gasteiger partial charge in [-0.15, -0.1) is 0 Å². The highest BCUT2D eigenvalue weighted by Crippen LogP contribution is 2.02. The molecule has 0 bridgehead atoms. The minimum absolute atomic E-state index is 0.0987. The van der Waals surface area contributed by atoms with E-state index in [2.05, 4.69) is 11.9 Å². The Balaban J connectivity index is 2.87. The third-order valence-electron chi connectivity index (χ3n) is 1.81. The maximum absolute atomic E-state index is 11.5. The van der Waals surface area contributed by atoms with Gasteiger partial charge in [-0.2, -0.15) is 0 Å². The first-order valence-electron chi connectivity index (χ1n) is 4.47. The minimum Gasteiger partial charge on any atom is -0.328 e. The van der Waals surface area contributed by atoms with Gasteiger partial charge < -0.3 is 10.3 Å². The summed E-state index contributed by atoms with van der Waals surface area (Å²) in [4.78, 5) is 15.5. The third kappa shape index (κ3) is 2.15. The van der Waals surface area contributed by atoms with Crippen molar-refractivity contribution in [1.82, 2.24) is 9.55 Å². The van der Waals surface area contributed by atoms with Crippen molar-refractivity contribution in [3.05, 3.63) is 18.2 Å². The fraction of sp³-hybridized carbons (Fsp3) is 0.556. The molecule has 1 aromatic rings. The first-order chi connectivity index (χ1) is 6.16.